The number of carbonyl (C=O) groups excluding carboxylic acids is 2. The molecule has 2 aromatic rings. The molecule has 1 aliphatic carbocycles. The number of amides is 2. The van der Waals surface area contributed by atoms with Gasteiger partial charge in [0.1, 0.15) is 12.6 Å². The van der Waals surface area contributed by atoms with Crippen molar-refractivity contribution >= 4 is 18.0 Å². The van der Waals surface area contributed by atoms with Crippen molar-refractivity contribution < 1.29 is 24.2 Å². The van der Waals surface area contributed by atoms with Gasteiger partial charge in [-0.1, -0.05) is 62.4 Å². The first-order chi connectivity index (χ1) is 16.6. The lowest BCUT2D eigenvalue weighted by atomic mass is 9.88. The number of nitrogens with zero attached hydrogens (tertiary/aromatic N) is 1. The molecule has 3 atom stereocenters. The lowest BCUT2D eigenvalue weighted by Gasteiger charge is -2.29. The Kier molecular flexibility index (Phi) is 8.51. The van der Waals surface area contributed by atoms with Crippen LogP contribution >= 0.6 is 0 Å². The number of carbonyl (C=O) groups is 3. The Labute approximate surface area is 206 Å². The van der Waals surface area contributed by atoms with E-state index >= 15 is 0 Å². The van der Waals surface area contributed by atoms with E-state index in [1.165, 1.54) is 0 Å². The monoisotopic (exact) mass is 481 g/mol. The average molecular weight is 482 g/mol. The molecule has 3 rings (SSSR count). The van der Waals surface area contributed by atoms with Crippen molar-refractivity contribution in [3.63, 3.8) is 0 Å². The molecule has 8 nitrogen and oxygen atoms in total. The fraction of sp³-hybridized carbons (Fsp3) is 0.444. The molecule has 0 heterocycles. The van der Waals surface area contributed by atoms with E-state index in [1.54, 1.807) is 25.9 Å². The second kappa shape index (κ2) is 11.4. The van der Waals surface area contributed by atoms with Crippen LogP contribution < -0.4 is 10.6 Å². The number of aliphatic carboxylic acids is 1. The molecular weight excluding hydrogens is 446 g/mol. The molecular formula is C27H35N3O5. The predicted molar refractivity (Wildman–Crippen MR) is 134 cm³/mol. The third-order valence-corrected chi connectivity index (χ3v) is 6.41. The van der Waals surface area contributed by atoms with Crippen LogP contribution in [-0.4, -0.2) is 67.3 Å². The van der Waals surface area contributed by atoms with Crippen LogP contribution in [0, 0.1) is 11.8 Å². The Bertz CT molecular complexity index is 1020. The Balaban J connectivity index is 1.63. The highest BCUT2D eigenvalue weighted by Crippen LogP contribution is 2.44. The number of fused-ring (bicyclic) bond motifs is 3. The number of hydrogen-bond acceptors (Lipinski definition) is 5. The second-order valence-electron chi connectivity index (χ2n) is 9.69. The van der Waals surface area contributed by atoms with Crippen LogP contribution in [0.4, 0.5) is 4.79 Å². The molecule has 0 aromatic heterocycles. The van der Waals surface area contributed by atoms with Crippen molar-refractivity contribution in [1.82, 2.24) is 15.5 Å². The molecule has 3 N–H and O–H groups in total. The number of alkyl carbamates (subject to hydrolysis) is 1. The maximum Gasteiger partial charge on any atom is 0.407 e. The molecule has 0 bridgehead atoms. The van der Waals surface area contributed by atoms with Crippen molar-refractivity contribution in [2.24, 2.45) is 11.8 Å². The lowest BCUT2D eigenvalue weighted by molar-refractivity contribution is -0.143. The smallest absolute Gasteiger partial charge is 0.407 e. The third-order valence-electron chi connectivity index (χ3n) is 6.41. The fourth-order valence-corrected chi connectivity index (χ4v) is 4.84. The van der Waals surface area contributed by atoms with Crippen LogP contribution in [0.5, 0.6) is 0 Å². The van der Waals surface area contributed by atoms with Crippen LogP contribution in [-0.2, 0) is 14.3 Å². The van der Waals surface area contributed by atoms with Gasteiger partial charge in [0.2, 0.25) is 5.91 Å². The number of nitrogens with one attached hydrogen (secondary N) is 2. The highest BCUT2D eigenvalue weighted by atomic mass is 16.5. The molecule has 188 valence electrons. The summed E-state index contributed by atoms with van der Waals surface area (Å²) in [6.07, 6.45) is -0.610. The Morgan fingerprint density at radius 3 is 1.97 bits per heavy atom. The normalized spacial score (nSPS) is 15.2. The van der Waals surface area contributed by atoms with E-state index in [1.807, 2.05) is 38.1 Å². The molecule has 35 heavy (non-hydrogen) atoms. The topological polar surface area (TPSA) is 108 Å². The highest BCUT2D eigenvalue weighted by Gasteiger charge is 2.33. The minimum Gasteiger partial charge on any atom is -0.480 e. The summed E-state index contributed by atoms with van der Waals surface area (Å²) in [7, 11) is 3.48. The van der Waals surface area contributed by atoms with Gasteiger partial charge in [0.25, 0.3) is 0 Å². The van der Waals surface area contributed by atoms with E-state index in [0.717, 1.165) is 22.3 Å². The molecule has 0 spiro atoms. The second-order valence-corrected chi connectivity index (χ2v) is 9.69. The first-order valence-electron chi connectivity index (χ1n) is 11.9. The van der Waals surface area contributed by atoms with Crippen molar-refractivity contribution in [2.45, 2.75) is 38.8 Å². The standard InChI is InChI=1S/C27H35N3O5/c1-16(2)24(25(31)29-23(26(32)33)14-30(4)5)17(3)28-27(34)35-15-22-20-12-8-6-10-18(20)19-11-7-9-13-21(19)22/h6-13,16-17,22-24H,14-15H2,1-5H3,(H,28,34)(H,29,31)(H,32,33). The van der Waals surface area contributed by atoms with Gasteiger partial charge in [-0.05, 0) is 49.2 Å². The molecule has 0 saturated heterocycles. The van der Waals surface area contributed by atoms with Gasteiger partial charge in [0.15, 0.2) is 0 Å². The first kappa shape index (κ1) is 26.2. The minimum absolute atomic E-state index is 0.0602. The van der Waals surface area contributed by atoms with Crippen molar-refractivity contribution in [3.05, 3.63) is 59.7 Å². The van der Waals surface area contributed by atoms with Crippen molar-refractivity contribution in [1.29, 1.82) is 0 Å². The molecule has 0 fully saturated rings. The van der Waals surface area contributed by atoms with Gasteiger partial charge in [-0.3, -0.25) is 4.79 Å². The lowest BCUT2D eigenvalue weighted by Crippen LogP contribution is -2.53. The van der Waals surface area contributed by atoms with Crippen LogP contribution in [0.2, 0.25) is 0 Å². The van der Waals surface area contributed by atoms with Crippen molar-refractivity contribution in [3.8, 4) is 11.1 Å². The summed E-state index contributed by atoms with van der Waals surface area (Å²) < 4.78 is 5.61. The summed E-state index contributed by atoms with van der Waals surface area (Å²) in [6.45, 7) is 5.80. The number of ether oxygens (including phenoxy) is 1. The van der Waals surface area contributed by atoms with Gasteiger partial charge in [-0.2, -0.15) is 0 Å². The SMILES string of the molecule is CC(C)C(C(=O)NC(CN(C)C)C(=O)O)C(C)NC(=O)OCC1c2ccccc2-c2ccccc21. The van der Waals surface area contributed by atoms with Crippen LogP contribution in [0.3, 0.4) is 0 Å². The molecule has 0 saturated carbocycles. The van der Waals surface area contributed by atoms with E-state index in [2.05, 4.69) is 34.9 Å². The van der Waals surface area contributed by atoms with E-state index in [4.69, 9.17) is 4.74 Å². The average Bonchev–Trinajstić information content (AvgIpc) is 3.10. The third kappa shape index (κ3) is 6.19. The fourth-order valence-electron chi connectivity index (χ4n) is 4.84. The summed E-state index contributed by atoms with van der Waals surface area (Å²) in [4.78, 5) is 38.9. The number of hydrogen-bond donors (Lipinski definition) is 3. The van der Waals surface area contributed by atoms with E-state index < -0.39 is 36.0 Å². The number of rotatable bonds is 10. The van der Waals surface area contributed by atoms with Crippen LogP contribution in [0.25, 0.3) is 11.1 Å². The number of likely N-dealkylation sites (N-methyl/N-ethyl adjacent to an activating group) is 1. The molecule has 2 amide bonds. The summed E-state index contributed by atoms with van der Waals surface area (Å²) in [5, 5.41) is 14.8. The van der Waals surface area contributed by atoms with Crippen LogP contribution in [0.1, 0.15) is 37.8 Å². The molecule has 0 aliphatic heterocycles. The maximum absolute atomic E-state index is 13.0. The summed E-state index contributed by atoms with van der Waals surface area (Å²) in [5.41, 5.74) is 4.53. The molecule has 3 unspecified atom stereocenters. The number of benzene rings is 2. The van der Waals surface area contributed by atoms with Gasteiger partial charge in [0.05, 0.1) is 5.92 Å². The maximum atomic E-state index is 13.0. The predicted octanol–water partition coefficient (Wildman–Crippen LogP) is 3.32. The Morgan fingerprint density at radius 1 is 0.943 bits per heavy atom. The summed E-state index contributed by atoms with van der Waals surface area (Å²) >= 11 is 0. The molecule has 1 aliphatic rings. The molecule has 8 heteroatoms. The van der Waals surface area contributed by atoms with E-state index in [9.17, 15) is 19.5 Å². The Morgan fingerprint density at radius 2 is 1.49 bits per heavy atom. The zero-order valence-corrected chi connectivity index (χ0v) is 20.9. The quantitative estimate of drug-likeness (QED) is 0.481. The van der Waals surface area contributed by atoms with Gasteiger partial charge in [-0.15, -0.1) is 0 Å². The van der Waals surface area contributed by atoms with E-state index in [0.29, 0.717) is 0 Å². The Hall–Kier alpha value is -3.39. The van der Waals surface area contributed by atoms with Crippen LogP contribution in [0.15, 0.2) is 48.5 Å². The summed E-state index contributed by atoms with van der Waals surface area (Å²) in [6, 6.07) is 14.6. The van der Waals surface area contributed by atoms with E-state index in [-0.39, 0.29) is 25.0 Å². The van der Waals surface area contributed by atoms with Gasteiger partial charge in [-0.25, -0.2) is 9.59 Å². The van der Waals surface area contributed by atoms with Gasteiger partial charge < -0.3 is 25.4 Å². The number of carboxylic acids is 1. The highest BCUT2D eigenvalue weighted by molar-refractivity contribution is 5.86. The zero-order valence-electron chi connectivity index (χ0n) is 20.9. The zero-order chi connectivity index (χ0) is 25.7. The van der Waals surface area contributed by atoms with Gasteiger partial charge >= 0.3 is 12.1 Å². The summed E-state index contributed by atoms with van der Waals surface area (Å²) in [5.74, 6) is -2.34. The largest absolute Gasteiger partial charge is 0.480 e. The van der Waals surface area contributed by atoms with Gasteiger partial charge in [0, 0.05) is 18.5 Å². The number of carboxylic acid groups (broad SMARTS) is 1. The van der Waals surface area contributed by atoms with Crippen molar-refractivity contribution in [2.75, 3.05) is 27.2 Å². The minimum atomic E-state index is -1.10. The molecule has 0 radical (unpaired) electrons. The molecule has 2 aromatic carbocycles. The first-order valence-corrected chi connectivity index (χ1v) is 11.9.